The molecule has 0 spiro atoms. The zero-order valence-corrected chi connectivity index (χ0v) is 21.9. The monoisotopic (exact) mass is 533 g/mol. The van der Waals surface area contributed by atoms with Crippen LogP contribution in [0.25, 0.3) is 31.8 Å². The van der Waals surface area contributed by atoms with E-state index in [0.717, 1.165) is 21.5 Å². The van der Waals surface area contributed by atoms with E-state index in [0.29, 0.717) is 33.1 Å². The molecule has 1 unspecified atom stereocenters. The topological polar surface area (TPSA) is 108 Å². The van der Waals surface area contributed by atoms with Gasteiger partial charge in [-0.2, -0.15) is 0 Å². The summed E-state index contributed by atoms with van der Waals surface area (Å²) >= 11 is 1.40. The van der Waals surface area contributed by atoms with E-state index < -0.39 is 18.0 Å². The molecule has 0 saturated carbocycles. The molecule has 1 atom stereocenters. The molecule has 0 fully saturated rings. The summed E-state index contributed by atoms with van der Waals surface area (Å²) in [6.07, 6.45) is 1.84. The van der Waals surface area contributed by atoms with Gasteiger partial charge in [-0.1, -0.05) is 0 Å². The van der Waals surface area contributed by atoms with E-state index in [9.17, 15) is 9.18 Å². The summed E-state index contributed by atoms with van der Waals surface area (Å²) in [6.45, 7) is 5.42. The third kappa shape index (κ3) is 5.47. The highest BCUT2D eigenvalue weighted by Gasteiger charge is 2.17. The first-order valence-corrected chi connectivity index (χ1v) is 12.6. The molecule has 1 N–H and O–H groups in total. The minimum atomic E-state index is -0.653. The molecule has 0 aliphatic heterocycles. The number of thiazole rings is 1. The highest BCUT2D eigenvalue weighted by molar-refractivity contribution is 7.21. The second kappa shape index (κ2) is 10.5. The maximum Gasteiger partial charge on any atom is 0.411 e. The van der Waals surface area contributed by atoms with Crippen molar-refractivity contribution in [3.05, 3.63) is 65.9 Å². The number of rotatable bonds is 7. The van der Waals surface area contributed by atoms with Crippen LogP contribution >= 0.6 is 11.3 Å². The van der Waals surface area contributed by atoms with Crippen molar-refractivity contribution in [2.24, 2.45) is 0 Å². The minimum Gasteiger partial charge on any atom is -0.484 e. The number of aromatic nitrogens is 4. The number of hydrogen-bond donors (Lipinski definition) is 1. The van der Waals surface area contributed by atoms with Crippen LogP contribution in [0.5, 0.6) is 11.6 Å². The standard InChI is InChI=1S/C27H24FN5O4S/c1-14-7-18(25-21(8-14)32-24(35-4)12-30-25)26-33-20-9-19(28)22(10-23(20)38-26)37-16(3)13-36-27(34)31-17-6-5-15(2)29-11-17/h5-12,16H,13H2,1-4H3,(H,31,34). The second-order valence-electron chi connectivity index (χ2n) is 8.70. The Hall–Kier alpha value is -4.38. The fourth-order valence-electron chi connectivity index (χ4n) is 3.78. The number of aryl methyl sites for hydroxylation is 2. The lowest BCUT2D eigenvalue weighted by Gasteiger charge is -2.15. The average molecular weight is 534 g/mol. The molecule has 38 heavy (non-hydrogen) atoms. The Bertz CT molecular complexity index is 1640. The van der Waals surface area contributed by atoms with Gasteiger partial charge in [0.05, 0.1) is 46.4 Å². The number of nitrogens with zero attached hydrogens (tertiary/aromatic N) is 4. The van der Waals surface area contributed by atoms with Gasteiger partial charge in [0.1, 0.15) is 17.7 Å². The Kier molecular flexibility index (Phi) is 7.01. The summed E-state index contributed by atoms with van der Waals surface area (Å²) in [5.41, 5.74) is 5.00. The molecule has 5 aromatic rings. The summed E-state index contributed by atoms with van der Waals surface area (Å²) in [5, 5.41) is 3.27. The predicted molar refractivity (Wildman–Crippen MR) is 143 cm³/mol. The second-order valence-corrected chi connectivity index (χ2v) is 9.73. The maximum absolute atomic E-state index is 14.9. The molecule has 0 saturated heterocycles. The Balaban J connectivity index is 1.32. The van der Waals surface area contributed by atoms with Crippen LogP contribution in [0, 0.1) is 19.7 Å². The van der Waals surface area contributed by atoms with Crippen LogP contribution in [0.15, 0.2) is 48.8 Å². The van der Waals surface area contributed by atoms with E-state index in [1.54, 1.807) is 38.4 Å². The van der Waals surface area contributed by atoms with Crippen molar-refractivity contribution in [2.75, 3.05) is 19.0 Å². The number of hydrogen-bond acceptors (Lipinski definition) is 9. The summed E-state index contributed by atoms with van der Waals surface area (Å²) in [7, 11) is 1.54. The number of carbonyl (C=O) groups is 1. The average Bonchev–Trinajstić information content (AvgIpc) is 3.30. The number of halogens is 1. The Labute approximate surface area is 221 Å². The smallest absolute Gasteiger partial charge is 0.411 e. The largest absolute Gasteiger partial charge is 0.484 e. The van der Waals surface area contributed by atoms with E-state index in [-0.39, 0.29) is 12.4 Å². The molecule has 9 nitrogen and oxygen atoms in total. The van der Waals surface area contributed by atoms with Crippen molar-refractivity contribution in [3.8, 4) is 22.2 Å². The van der Waals surface area contributed by atoms with Gasteiger partial charge in [0.25, 0.3) is 0 Å². The molecule has 194 valence electrons. The van der Waals surface area contributed by atoms with Gasteiger partial charge < -0.3 is 14.2 Å². The number of nitrogens with one attached hydrogen (secondary N) is 1. The van der Waals surface area contributed by atoms with Crippen molar-refractivity contribution in [3.63, 3.8) is 0 Å². The van der Waals surface area contributed by atoms with Gasteiger partial charge >= 0.3 is 6.09 Å². The van der Waals surface area contributed by atoms with Gasteiger partial charge in [0.2, 0.25) is 5.88 Å². The molecular formula is C27H24FN5O4S. The molecule has 0 bridgehead atoms. The van der Waals surface area contributed by atoms with Gasteiger partial charge in [0, 0.05) is 23.4 Å². The van der Waals surface area contributed by atoms with Crippen molar-refractivity contribution < 1.29 is 23.4 Å². The molecule has 11 heteroatoms. The number of fused-ring (bicyclic) bond motifs is 2. The lowest BCUT2D eigenvalue weighted by Crippen LogP contribution is -2.24. The molecular weight excluding hydrogens is 509 g/mol. The van der Waals surface area contributed by atoms with E-state index in [1.165, 1.54) is 23.6 Å². The van der Waals surface area contributed by atoms with Gasteiger partial charge in [-0.3, -0.25) is 10.3 Å². The Morgan fingerprint density at radius 2 is 1.92 bits per heavy atom. The number of amides is 1. The Morgan fingerprint density at radius 3 is 2.68 bits per heavy atom. The summed E-state index contributed by atoms with van der Waals surface area (Å²) < 4.78 is 31.8. The number of methoxy groups -OCH3 is 1. The number of pyridine rings is 1. The van der Waals surface area contributed by atoms with Gasteiger partial charge in [-0.15, -0.1) is 11.3 Å². The fraction of sp³-hybridized carbons (Fsp3) is 0.222. The van der Waals surface area contributed by atoms with E-state index in [2.05, 4.69) is 25.3 Å². The van der Waals surface area contributed by atoms with Crippen LogP contribution in [-0.4, -0.2) is 45.8 Å². The third-order valence-corrected chi connectivity index (χ3v) is 6.64. The fourth-order valence-corrected chi connectivity index (χ4v) is 4.78. The molecule has 5 rings (SSSR count). The van der Waals surface area contributed by atoms with Crippen molar-refractivity contribution in [1.29, 1.82) is 0 Å². The van der Waals surface area contributed by atoms with Crippen LogP contribution in [0.2, 0.25) is 0 Å². The van der Waals surface area contributed by atoms with Crippen LogP contribution in [0.1, 0.15) is 18.2 Å². The number of ether oxygens (including phenoxy) is 3. The number of anilines is 1. The molecule has 0 aliphatic rings. The highest BCUT2D eigenvalue weighted by atomic mass is 32.1. The molecule has 0 aliphatic carbocycles. The first-order valence-electron chi connectivity index (χ1n) is 11.7. The number of benzene rings is 2. The van der Waals surface area contributed by atoms with Crippen molar-refractivity contribution in [2.45, 2.75) is 26.9 Å². The number of carbonyl (C=O) groups excluding carboxylic acids is 1. The SMILES string of the molecule is COc1cnc2c(-c3nc4cc(F)c(OC(C)COC(=O)Nc5ccc(C)nc5)cc4s3)cc(C)cc2n1. The molecule has 1 amide bonds. The summed E-state index contributed by atoms with van der Waals surface area (Å²) in [6, 6.07) is 10.3. The highest BCUT2D eigenvalue weighted by Crippen LogP contribution is 2.37. The molecule has 0 radical (unpaired) electrons. The normalized spacial score (nSPS) is 11.9. The first-order chi connectivity index (χ1) is 18.3. The van der Waals surface area contributed by atoms with E-state index in [1.807, 2.05) is 26.0 Å². The predicted octanol–water partition coefficient (Wildman–Crippen LogP) is 6.08. The summed E-state index contributed by atoms with van der Waals surface area (Å²) in [4.78, 5) is 29.8. The minimum absolute atomic E-state index is 0.0468. The first kappa shape index (κ1) is 25.3. The van der Waals surface area contributed by atoms with Crippen LogP contribution in [0.3, 0.4) is 0 Å². The Morgan fingerprint density at radius 1 is 1.08 bits per heavy atom. The van der Waals surface area contributed by atoms with Gasteiger partial charge in [-0.25, -0.2) is 24.1 Å². The van der Waals surface area contributed by atoms with Crippen LogP contribution in [0.4, 0.5) is 14.9 Å². The van der Waals surface area contributed by atoms with Crippen molar-refractivity contribution in [1.82, 2.24) is 19.9 Å². The van der Waals surface area contributed by atoms with Gasteiger partial charge in [-0.05, 0) is 50.6 Å². The quantitative estimate of drug-likeness (QED) is 0.268. The zero-order valence-electron chi connectivity index (χ0n) is 21.1. The molecule has 3 heterocycles. The maximum atomic E-state index is 14.9. The molecule has 2 aromatic carbocycles. The van der Waals surface area contributed by atoms with Crippen LogP contribution in [-0.2, 0) is 4.74 Å². The summed E-state index contributed by atoms with van der Waals surface area (Å²) in [5.74, 6) is -0.0921. The molecule has 3 aromatic heterocycles. The zero-order chi connectivity index (χ0) is 26.8. The van der Waals surface area contributed by atoms with E-state index >= 15 is 0 Å². The van der Waals surface area contributed by atoms with Gasteiger partial charge in [0.15, 0.2) is 11.6 Å². The third-order valence-electron chi connectivity index (χ3n) is 5.59. The van der Waals surface area contributed by atoms with Crippen molar-refractivity contribution >= 4 is 44.4 Å². The lowest BCUT2D eigenvalue weighted by molar-refractivity contribution is 0.0969. The van der Waals surface area contributed by atoms with E-state index in [4.69, 9.17) is 14.2 Å². The van der Waals surface area contributed by atoms with Crippen LogP contribution < -0.4 is 14.8 Å². The lowest BCUT2D eigenvalue weighted by atomic mass is 10.1.